The molecule has 0 aliphatic carbocycles. The average Bonchev–Trinajstić information content (AvgIpc) is 3.07. The second-order valence-electron chi connectivity index (χ2n) is 6.54. The Bertz CT molecular complexity index is 710. The first-order chi connectivity index (χ1) is 10.4. The van der Waals surface area contributed by atoms with E-state index < -0.39 is 23.0 Å². The molecule has 3 aliphatic heterocycles. The molecule has 2 saturated heterocycles. The molecule has 0 aromatic heterocycles. The van der Waals surface area contributed by atoms with Crippen LogP contribution in [0.5, 0.6) is 0 Å². The number of nitrogens with zero attached hydrogens (tertiary/aromatic N) is 1. The number of ether oxygens (including phenoxy) is 1. The molecule has 1 N–H and O–H groups in total. The fraction of sp³-hybridized carbons (Fsp3) is 0.412. The van der Waals surface area contributed by atoms with E-state index in [-0.39, 0.29) is 18.4 Å². The molecule has 2 amide bonds. The predicted molar refractivity (Wildman–Crippen MR) is 79.1 cm³/mol. The Kier molecular flexibility index (Phi) is 2.52. The highest BCUT2D eigenvalue weighted by Crippen LogP contribution is 2.57. The van der Waals surface area contributed by atoms with Gasteiger partial charge in [0.2, 0.25) is 11.8 Å². The number of aryl methyl sites for hydroxylation is 1. The van der Waals surface area contributed by atoms with Crippen LogP contribution >= 0.6 is 0 Å². The summed E-state index contributed by atoms with van der Waals surface area (Å²) in [5, 5.41) is 9.74. The van der Waals surface area contributed by atoms with Gasteiger partial charge >= 0.3 is 0 Å². The van der Waals surface area contributed by atoms with E-state index in [4.69, 9.17) is 4.74 Å². The lowest BCUT2D eigenvalue weighted by atomic mass is 9.73. The summed E-state index contributed by atoms with van der Waals surface area (Å²) in [6, 6.07) is 7.29. The van der Waals surface area contributed by atoms with Gasteiger partial charge in [-0.3, -0.25) is 9.59 Å². The lowest BCUT2D eigenvalue weighted by Gasteiger charge is -2.26. The highest BCUT2D eigenvalue weighted by Gasteiger charge is 2.72. The zero-order valence-electron chi connectivity index (χ0n) is 12.4. The number of fused-ring (bicyclic) bond motifs is 5. The van der Waals surface area contributed by atoms with Crippen LogP contribution in [0.1, 0.15) is 12.5 Å². The van der Waals surface area contributed by atoms with E-state index in [1.807, 2.05) is 19.1 Å². The monoisotopic (exact) mass is 299 g/mol. The summed E-state index contributed by atoms with van der Waals surface area (Å²) in [5.74, 6) is -1.76. The summed E-state index contributed by atoms with van der Waals surface area (Å²) in [6.45, 7) is 3.45. The van der Waals surface area contributed by atoms with Gasteiger partial charge in [0, 0.05) is 0 Å². The summed E-state index contributed by atoms with van der Waals surface area (Å²) in [5.41, 5.74) is -0.247. The number of carbonyl (C=O) groups is 2. The number of hydrogen-bond acceptors (Lipinski definition) is 4. The molecule has 1 aromatic carbocycles. The molecule has 4 rings (SSSR count). The zero-order valence-corrected chi connectivity index (χ0v) is 12.4. The summed E-state index contributed by atoms with van der Waals surface area (Å²) in [7, 11) is 0. The zero-order chi connectivity index (χ0) is 15.7. The van der Waals surface area contributed by atoms with Crippen molar-refractivity contribution in [3.05, 3.63) is 42.0 Å². The number of amides is 2. The van der Waals surface area contributed by atoms with E-state index in [1.54, 1.807) is 31.2 Å². The topological polar surface area (TPSA) is 66.8 Å². The Labute approximate surface area is 128 Å². The molecule has 0 spiro atoms. The van der Waals surface area contributed by atoms with Crippen molar-refractivity contribution in [1.82, 2.24) is 0 Å². The Morgan fingerprint density at radius 1 is 1.14 bits per heavy atom. The lowest BCUT2D eigenvalue weighted by molar-refractivity contribution is -0.131. The number of aliphatic hydroxyl groups excluding tert-OH is 1. The first-order valence-electron chi connectivity index (χ1n) is 7.38. The fourth-order valence-corrected chi connectivity index (χ4v) is 3.99. The first-order valence-corrected chi connectivity index (χ1v) is 7.38. The highest BCUT2D eigenvalue weighted by atomic mass is 16.5. The third-order valence-electron chi connectivity index (χ3n) is 5.10. The molecule has 1 aromatic rings. The number of anilines is 1. The molecule has 0 saturated carbocycles. The number of benzene rings is 1. The van der Waals surface area contributed by atoms with Crippen LogP contribution < -0.4 is 4.90 Å². The Balaban J connectivity index is 1.80. The molecular weight excluding hydrogens is 282 g/mol. The number of carbonyl (C=O) groups excluding carboxylic acids is 2. The van der Waals surface area contributed by atoms with Crippen LogP contribution in [-0.4, -0.2) is 34.7 Å². The highest BCUT2D eigenvalue weighted by molar-refractivity contribution is 6.23. The normalized spacial score (nSPS) is 39.0. The molecule has 4 atom stereocenters. The van der Waals surface area contributed by atoms with Gasteiger partial charge in [-0.25, -0.2) is 4.90 Å². The quantitative estimate of drug-likeness (QED) is 0.658. The standard InChI is InChI=1S/C17H17NO4/c1-10-3-5-11(6-4-10)18-14(20)12-13(15(18)21)17(9-19)8-7-16(12,2)22-17/h3-8,12-13,19H,9H2,1-2H3/t12-,13+,16-,17+/m0/s1. The Morgan fingerprint density at radius 2 is 1.77 bits per heavy atom. The van der Waals surface area contributed by atoms with E-state index in [2.05, 4.69) is 0 Å². The van der Waals surface area contributed by atoms with Gasteiger partial charge in [-0.2, -0.15) is 0 Å². The molecule has 2 bridgehead atoms. The van der Waals surface area contributed by atoms with Crippen molar-refractivity contribution in [3.63, 3.8) is 0 Å². The smallest absolute Gasteiger partial charge is 0.241 e. The minimum Gasteiger partial charge on any atom is -0.393 e. The van der Waals surface area contributed by atoms with Crippen molar-refractivity contribution in [1.29, 1.82) is 0 Å². The van der Waals surface area contributed by atoms with E-state index in [0.717, 1.165) is 5.56 Å². The van der Waals surface area contributed by atoms with Crippen LogP contribution in [0.25, 0.3) is 0 Å². The van der Waals surface area contributed by atoms with Crippen LogP contribution in [0.2, 0.25) is 0 Å². The summed E-state index contributed by atoms with van der Waals surface area (Å²) in [6.07, 6.45) is 3.53. The summed E-state index contributed by atoms with van der Waals surface area (Å²) < 4.78 is 5.88. The number of rotatable bonds is 2. The molecular formula is C17H17NO4. The van der Waals surface area contributed by atoms with Gasteiger partial charge in [0.1, 0.15) is 5.60 Å². The second-order valence-corrected chi connectivity index (χ2v) is 6.54. The molecule has 2 fully saturated rings. The maximum Gasteiger partial charge on any atom is 0.241 e. The molecule has 22 heavy (non-hydrogen) atoms. The van der Waals surface area contributed by atoms with Gasteiger partial charge in [0.15, 0.2) is 0 Å². The van der Waals surface area contributed by atoms with Gasteiger partial charge < -0.3 is 9.84 Å². The van der Waals surface area contributed by atoms with E-state index in [0.29, 0.717) is 5.69 Å². The Morgan fingerprint density at radius 3 is 2.41 bits per heavy atom. The third-order valence-corrected chi connectivity index (χ3v) is 5.10. The average molecular weight is 299 g/mol. The van der Waals surface area contributed by atoms with Crippen molar-refractivity contribution in [2.45, 2.75) is 25.0 Å². The number of hydrogen-bond donors (Lipinski definition) is 1. The molecule has 5 nitrogen and oxygen atoms in total. The predicted octanol–water partition coefficient (Wildman–Crippen LogP) is 1.19. The summed E-state index contributed by atoms with van der Waals surface area (Å²) >= 11 is 0. The largest absolute Gasteiger partial charge is 0.393 e. The number of imide groups is 1. The molecule has 5 heteroatoms. The van der Waals surface area contributed by atoms with Crippen molar-refractivity contribution < 1.29 is 19.4 Å². The second kappa shape index (κ2) is 4.06. The summed E-state index contributed by atoms with van der Waals surface area (Å²) in [4.78, 5) is 26.9. The van der Waals surface area contributed by atoms with E-state index in [1.165, 1.54) is 4.90 Å². The minimum atomic E-state index is -1.06. The van der Waals surface area contributed by atoms with Crippen LogP contribution in [0.4, 0.5) is 5.69 Å². The lowest BCUT2D eigenvalue weighted by Crippen LogP contribution is -2.43. The number of aliphatic hydroxyl groups is 1. The van der Waals surface area contributed by atoms with Crippen molar-refractivity contribution in [2.24, 2.45) is 11.8 Å². The van der Waals surface area contributed by atoms with Crippen LogP contribution in [0.15, 0.2) is 36.4 Å². The third kappa shape index (κ3) is 1.45. The molecule has 114 valence electrons. The van der Waals surface area contributed by atoms with Gasteiger partial charge in [-0.05, 0) is 26.0 Å². The maximum atomic E-state index is 12.9. The van der Waals surface area contributed by atoms with Gasteiger partial charge in [0.25, 0.3) is 0 Å². The molecule has 0 unspecified atom stereocenters. The van der Waals surface area contributed by atoms with E-state index in [9.17, 15) is 14.7 Å². The van der Waals surface area contributed by atoms with Gasteiger partial charge in [0.05, 0.1) is 29.7 Å². The maximum absolute atomic E-state index is 12.9. The fourth-order valence-electron chi connectivity index (χ4n) is 3.99. The SMILES string of the molecule is Cc1ccc(N2C(=O)[C@@H]3[C@H](C2=O)[C@]2(CO)C=C[C@]3(C)O2)cc1. The van der Waals surface area contributed by atoms with Crippen molar-refractivity contribution in [3.8, 4) is 0 Å². The van der Waals surface area contributed by atoms with Crippen molar-refractivity contribution >= 4 is 17.5 Å². The van der Waals surface area contributed by atoms with Crippen molar-refractivity contribution in [2.75, 3.05) is 11.5 Å². The van der Waals surface area contributed by atoms with Gasteiger partial charge in [-0.15, -0.1) is 0 Å². The van der Waals surface area contributed by atoms with Crippen LogP contribution in [0.3, 0.4) is 0 Å². The van der Waals surface area contributed by atoms with E-state index >= 15 is 0 Å². The molecule has 0 radical (unpaired) electrons. The van der Waals surface area contributed by atoms with Crippen LogP contribution in [0, 0.1) is 18.8 Å². The Hall–Kier alpha value is -1.98. The van der Waals surface area contributed by atoms with Crippen LogP contribution in [-0.2, 0) is 14.3 Å². The first kappa shape index (κ1) is 13.7. The van der Waals surface area contributed by atoms with Gasteiger partial charge in [-0.1, -0.05) is 29.8 Å². The molecule has 3 heterocycles. The minimum absolute atomic E-state index is 0.249. The molecule has 3 aliphatic rings.